The minimum Gasteiger partial charge on any atom is -0.261 e. The first kappa shape index (κ1) is 9.51. The van der Waals surface area contributed by atoms with Crippen LogP contribution in [0, 0.1) is 6.20 Å². The van der Waals surface area contributed by atoms with Crippen LogP contribution in [0.25, 0.3) is 0 Å². The molecule has 0 aliphatic carbocycles. The average Bonchev–Trinajstić information content (AvgIpc) is 2.32. The molecule has 0 bridgehead atoms. The number of hydrogen-bond donors (Lipinski definition) is 0. The van der Waals surface area contributed by atoms with Crippen LogP contribution in [0.2, 0.25) is 0 Å². The Kier molecular flexibility index (Phi) is 3.08. The predicted molar refractivity (Wildman–Crippen MR) is 43.3 cm³/mol. The largest absolute Gasteiger partial charge is 0.290 e. The summed E-state index contributed by atoms with van der Waals surface area (Å²) >= 11 is 0.519. The molecule has 1 aromatic rings. The third kappa shape index (κ3) is 1.97. The molecule has 0 unspecified atom stereocenters. The maximum absolute atomic E-state index is 12.0. The molecule has 0 N–H and O–H groups in total. The molecule has 0 fully saturated rings. The number of thioether (sulfide) groups is 1. The third-order valence-corrected chi connectivity index (χ3v) is 2.35. The highest BCUT2D eigenvalue weighted by Gasteiger charge is 2.13. The lowest BCUT2D eigenvalue weighted by Gasteiger charge is -2.02. The molecule has 0 spiro atoms. The van der Waals surface area contributed by atoms with E-state index in [4.69, 9.17) is 0 Å². The van der Waals surface area contributed by atoms with Gasteiger partial charge in [-0.25, -0.2) is 0 Å². The van der Waals surface area contributed by atoms with Crippen molar-refractivity contribution in [1.82, 2.24) is 9.78 Å². The van der Waals surface area contributed by atoms with Crippen molar-refractivity contribution in [3.8, 4) is 0 Å². The van der Waals surface area contributed by atoms with Crippen molar-refractivity contribution in [2.45, 2.75) is 24.1 Å². The van der Waals surface area contributed by atoms with E-state index in [1.807, 2.05) is 6.92 Å². The van der Waals surface area contributed by atoms with E-state index in [1.54, 1.807) is 7.05 Å². The van der Waals surface area contributed by atoms with Gasteiger partial charge < -0.3 is 0 Å². The van der Waals surface area contributed by atoms with Crippen molar-refractivity contribution in [2.75, 3.05) is 0 Å². The summed E-state index contributed by atoms with van der Waals surface area (Å²) in [6.07, 6.45) is 3.37. The molecule has 2 nitrogen and oxygen atoms in total. The van der Waals surface area contributed by atoms with Gasteiger partial charge in [0.05, 0.1) is 0 Å². The van der Waals surface area contributed by atoms with Gasteiger partial charge in [0.25, 0.3) is 5.76 Å². The molecule has 1 radical (unpaired) electrons. The van der Waals surface area contributed by atoms with E-state index in [0.717, 1.165) is 5.56 Å². The third-order valence-electron chi connectivity index (χ3n) is 1.44. The Morgan fingerprint density at radius 2 is 2.33 bits per heavy atom. The van der Waals surface area contributed by atoms with Gasteiger partial charge in [0, 0.05) is 12.6 Å². The molecule has 0 aromatic carbocycles. The van der Waals surface area contributed by atoms with Crippen molar-refractivity contribution >= 4 is 11.8 Å². The predicted octanol–water partition coefficient (Wildman–Crippen LogP) is 2.10. The molecule has 0 atom stereocenters. The molecule has 1 heterocycles. The number of aromatic nitrogens is 2. The Hall–Kier alpha value is -0.580. The Labute approximate surface area is 74.0 Å². The second-order valence-corrected chi connectivity index (χ2v) is 3.23. The lowest BCUT2D eigenvalue weighted by atomic mass is 10.3. The zero-order valence-electron chi connectivity index (χ0n) is 6.84. The molecule has 0 amide bonds. The number of rotatable bonds is 3. The van der Waals surface area contributed by atoms with E-state index in [9.17, 15) is 8.78 Å². The van der Waals surface area contributed by atoms with E-state index in [-0.39, 0.29) is 0 Å². The fourth-order valence-corrected chi connectivity index (χ4v) is 1.58. The van der Waals surface area contributed by atoms with Gasteiger partial charge in [0.15, 0.2) is 0 Å². The normalized spacial score (nSPS) is 11.1. The molecular weight excluding hydrogens is 182 g/mol. The van der Waals surface area contributed by atoms with Crippen molar-refractivity contribution < 1.29 is 8.78 Å². The summed E-state index contributed by atoms with van der Waals surface area (Å²) in [6, 6.07) is 0. The second-order valence-electron chi connectivity index (χ2n) is 2.25. The van der Waals surface area contributed by atoms with Crippen molar-refractivity contribution in [3.05, 3.63) is 11.8 Å². The highest BCUT2D eigenvalue weighted by Crippen LogP contribution is 2.27. The number of alkyl halides is 2. The summed E-state index contributed by atoms with van der Waals surface area (Å²) < 4.78 is 25.4. The number of halogens is 2. The highest BCUT2D eigenvalue weighted by atomic mass is 32.2. The number of hydrogen-bond acceptors (Lipinski definition) is 2. The van der Waals surface area contributed by atoms with Crippen LogP contribution in [0.1, 0.15) is 12.5 Å². The average molecular weight is 191 g/mol. The summed E-state index contributed by atoms with van der Waals surface area (Å²) in [7, 11) is 1.64. The summed E-state index contributed by atoms with van der Waals surface area (Å²) in [4.78, 5) is 0. The summed E-state index contributed by atoms with van der Waals surface area (Å²) in [6.45, 7) is 1.89. The van der Waals surface area contributed by atoms with Crippen molar-refractivity contribution in [3.63, 3.8) is 0 Å². The second kappa shape index (κ2) is 3.89. The van der Waals surface area contributed by atoms with Crippen LogP contribution in [-0.2, 0) is 13.5 Å². The highest BCUT2D eigenvalue weighted by molar-refractivity contribution is 7.99. The molecule has 0 aliphatic heterocycles. The molecule has 0 saturated heterocycles. The number of nitrogens with zero attached hydrogens (tertiary/aromatic N) is 2. The van der Waals surface area contributed by atoms with Crippen LogP contribution >= 0.6 is 11.8 Å². The zero-order chi connectivity index (χ0) is 9.14. The van der Waals surface area contributed by atoms with Gasteiger partial charge in [0.1, 0.15) is 11.2 Å². The van der Waals surface area contributed by atoms with Gasteiger partial charge in [-0.1, -0.05) is 6.92 Å². The first-order valence-corrected chi connectivity index (χ1v) is 4.41. The van der Waals surface area contributed by atoms with Crippen LogP contribution in [0.4, 0.5) is 8.78 Å². The molecular formula is C7H9F2N2S. The maximum atomic E-state index is 12.0. The smallest absolute Gasteiger partial charge is 0.261 e. The Morgan fingerprint density at radius 1 is 1.67 bits per heavy atom. The fourth-order valence-electron chi connectivity index (χ4n) is 0.886. The van der Waals surface area contributed by atoms with Gasteiger partial charge in [-0.3, -0.25) is 4.68 Å². The van der Waals surface area contributed by atoms with Crippen LogP contribution in [0.15, 0.2) is 5.03 Å². The zero-order valence-corrected chi connectivity index (χ0v) is 7.66. The topological polar surface area (TPSA) is 17.8 Å². The van der Waals surface area contributed by atoms with Gasteiger partial charge in [-0.15, -0.1) is 0 Å². The van der Waals surface area contributed by atoms with E-state index in [1.165, 1.54) is 4.68 Å². The summed E-state index contributed by atoms with van der Waals surface area (Å²) in [5.41, 5.74) is 0.753. The van der Waals surface area contributed by atoms with Gasteiger partial charge in [-0.2, -0.15) is 13.9 Å². The Balaban J connectivity index is 2.86. The number of aryl methyl sites for hydroxylation is 2. The minimum absolute atomic E-state index is 0.507. The SMILES string of the molecule is CCc1[c]nn(C)c1SC(F)F. The van der Waals surface area contributed by atoms with Gasteiger partial charge in [0.2, 0.25) is 0 Å². The lowest BCUT2D eigenvalue weighted by molar-refractivity contribution is 0.251. The molecule has 1 rings (SSSR count). The quantitative estimate of drug-likeness (QED) is 0.681. The molecule has 67 valence electrons. The summed E-state index contributed by atoms with van der Waals surface area (Å²) in [5.74, 6) is -2.39. The van der Waals surface area contributed by atoms with Crippen molar-refractivity contribution in [2.24, 2.45) is 7.05 Å². The first-order chi connectivity index (χ1) is 5.65. The molecule has 0 aliphatic rings. The Morgan fingerprint density at radius 3 is 2.83 bits per heavy atom. The Bertz CT molecular complexity index is 260. The van der Waals surface area contributed by atoms with Crippen LogP contribution in [-0.4, -0.2) is 15.5 Å². The van der Waals surface area contributed by atoms with Crippen molar-refractivity contribution in [1.29, 1.82) is 0 Å². The molecule has 1 aromatic heterocycles. The molecule has 5 heteroatoms. The van der Waals surface area contributed by atoms with Gasteiger partial charge in [-0.05, 0) is 18.2 Å². The van der Waals surface area contributed by atoms with E-state index >= 15 is 0 Å². The molecule has 0 saturated carbocycles. The molecule has 12 heavy (non-hydrogen) atoms. The van der Waals surface area contributed by atoms with E-state index < -0.39 is 5.76 Å². The summed E-state index contributed by atoms with van der Waals surface area (Å²) in [5, 5.41) is 4.28. The lowest BCUT2D eigenvalue weighted by Crippen LogP contribution is -1.95. The minimum atomic E-state index is -2.39. The maximum Gasteiger partial charge on any atom is 0.290 e. The monoisotopic (exact) mass is 191 g/mol. The van der Waals surface area contributed by atoms with E-state index in [0.29, 0.717) is 23.2 Å². The first-order valence-electron chi connectivity index (χ1n) is 3.53. The fraction of sp³-hybridized carbons (Fsp3) is 0.571. The van der Waals surface area contributed by atoms with Crippen LogP contribution in [0.5, 0.6) is 0 Å². The van der Waals surface area contributed by atoms with Gasteiger partial charge >= 0.3 is 0 Å². The van der Waals surface area contributed by atoms with E-state index in [2.05, 4.69) is 11.3 Å². The van der Waals surface area contributed by atoms with Crippen LogP contribution in [0.3, 0.4) is 0 Å². The van der Waals surface area contributed by atoms with Crippen LogP contribution < -0.4 is 0 Å². The standard InChI is InChI=1S/C7H9F2N2S/c1-3-5-4-10-11(2)6(5)12-7(8)9/h7H,3H2,1-2H3.